The Kier molecular flexibility index (Phi) is 13.9. The van der Waals surface area contributed by atoms with E-state index in [0.29, 0.717) is 9.54 Å². The summed E-state index contributed by atoms with van der Waals surface area (Å²) in [4.78, 5) is 0. The number of halogens is 2. The summed E-state index contributed by atoms with van der Waals surface area (Å²) in [5, 5.41) is 0. The first-order chi connectivity index (χ1) is 14.5. The molecule has 1 aliphatic rings. The molecule has 2 aromatic rings. The van der Waals surface area contributed by atoms with Crippen LogP contribution in [0.15, 0.2) is 48.0 Å². The molecule has 0 spiro atoms. The molecule has 2 aromatic carbocycles. The van der Waals surface area contributed by atoms with Crippen LogP contribution >= 0.6 is 0 Å². The zero-order chi connectivity index (χ0) is 21.5. The Morgan fingerprint density at radius 3 is 2.31 bits per heavy atom. The van der Waals surface area contributed by atoms with E-state index in [9.17, 15) is 0 Å². The largest absolute Gasteiger partial charge is 1.00 e. The van der Waals surface area contributed by atoms with E-state index in [-0.39, 0.29) is 24.8 Å². The Hall–Kier alpha value is -0.180. The molecule has 2 unspecified atom stereocenters. The van der Waals surface area contributed by atoms with Crippen molar-refractivity contribution in [1.29, 1.82) is 0 Å². The summed E-state index contributed by atoms with van der Waals surface area (Å²) in [6, 6.07) is 16.3. The number of unbranched alkanes of at least 4 members (excludes halogenated alkanes) is 3. The van der Waals surface area contributed by atoms with E-state index < -0.39 is 32.7 Å². The van der Waals surface area contributed by atoms with Crippen molar-refractivity contribution >= 4 is 15.1 Å². The maximum Gasteiger partial charge on any atom is -1.00 e. The van der Waals surface area contributed by atoms with Crippen LogP contribution in [0.4, 0.5) is 0 Å². The van der Waals surface area contributed by atoms with Gasteiger partial charge in [0.2, 0.25) is 0 Å². The van der Waals surface area contributed by atoms with E-state index in [1.807, 2.05) is 0 Å². The van der Waals surface area contributed by atoms with Gasteiger partial charge in [0, 0.05) is 0 Å². The molecule has 1 aliphatic carbocycles. The molecule has 0 aromatic heterocycles. The van der Waals surface area contributed by atoms with Gasteiger partial charge in [-0.1, -0.05) is 0 Å². The van der Waals surface area contributed by atoms with Crippen LogP contribution in [0.2, 0.25) is 13.1 Å². The van der Waals surface area contributed by atoms with Gasteiger partial charge in [-0.05, 0) is 0 Å². The summed E-state index contributed by atoms with van der Waals surface area (Å²) < 4.78 is 7.02. The summed E-state index contributed by atoms with van der Waals surface area (Å²) in [6.45, 7) is 11.5. The summed E-state index contributed by atoms with van der Waals surface area (Å²) in [5.41, 5.74) is 8.88. The SMILES string of the molecule is CCCCCCC1=Cc2c(-c3ccc(C(C)CC)cc3)cccc2[CH]1[Zr+2][O][SiH](C)C.[Cl-].[Cl-]. The molecule has 0 saturated carbocycles. The Morgan fingerprint density at radius 2 is 1.69 bits per heavy atom. The first kappa shape index (κ1) is 29.9. The van der Waals surface area contributed by atoms with Crippen molar-refractivity contribution in [3.8, 4) is 11.1 Å². The molecule has 5 heteroatoms. The van der Waals surface area contributed by atoms with Crippen molar-refractivity contribution in [2.75, 3.05) is 0 Å². The van der Waals surface area contributed by atoms with E-state index in [0.717, 1.165) is 0 Å². The number of allylic oxidation sites excluding steroid dienone is 1. The van der Waals surface area contributed by atoms with Crippen LogP contribution in [0.1, 0.15) is 85.5 Å². The third-order valence-electron chi connectivity index (χ3n) is 6.30. The van der Waals surface area contributed by atoms with Crippen molar-refractivity contribution in [3.63, 3.8) is 0 Å². The van der Waals surface area contributed by atoms with Gasteiger partial charge in [0.05, 0.1) is 0 Å². The molecule has 0 saturated heterocycles. The number of fused-ring (bicyclic) bond motifs is 1. The molecule has 0 amide bonds. The fraction of sp³-hybridized carbons (Fsp3) is 0.481. The van der Waals surface area contributed by atoms with E-state index in [2.05, 4.69) is 82.4 Å². The van der Waals surface area contributed by atoms with E-state index in [1.165, 1.54) is 60.8 Å². The van der Waals surface area contributed by atoms with Crippen LogP contribution in [-0.4, -0.2) is 9.04 Å². The first-order valence-corrected chi connectivity index (χ1v) is 17.1. The quantitative estimate of drug-likeness (QED) is 0.299. The van der Waals surface area contributed by atoms with Crippen molar-refractivity contribution in [3.05, 3.63) is 64.7 Å². The van der Waals surface area contributed by atoms with Crippen LogP contribution in [0.3, 0.4) is 0 Å². The second kappa shape index (κ2) is 14.9. The maximum absolute atomic E-state index is 6.41. The summed E-state index contributed by atoms with van der Waals surface area (Å²) >= 11 is -0.899. The van der Waals surface area contributed by atoms with Crippen LogP contribution in [0.25, 0.3) is 17.2 Å². The predicted molar refractivity (Wildman–Crippen MR) is 130 cm³/mol. The topological polar surface area (TPSA) is 9.23 Å². The maximum atomic E-state index is 6.41. The van der Waals surface area contributed by atoms with E-state index in [1.54, 1.807) is 11.1 Å². The number of benzene rings is 2. The van der Waals surface area contributed by atoms with Gasteiger partial charge in [-0.2, -0.15) is 0 Å². The molecule has 0 aliphatic heterocycles. The second-order valence-corrected chi connectivity index (χ2v) is 15.1. The number of hydrogen-bond donors (Lipinski definition) is 0. The minimum atomic E-state index is -0.949. The van der Waals surface area contributed by atoms with Gasteiger partial charge >= 0.3 is 199 Å². The summed E-state index contributed by atoms with van der Waals surface area (Å²) in [7, 11) is -0.949. The molecule has 32 heavy (non-hydrogen) atoms. The average Bonchev–Trinajstić information content (AvgIpc) is 3.12. The average molecular weight is 569 g/mol. The van der Waals surface area contributed by atoms with Crippen LogP contribution in [-0.2, 0) is 26.2 Å². The third kappa shape index (κ3) is 7.67. The summed E-state index contributed by atoms with van der Waals surface area (Å²) in [6.07, 6.45) is 10.3. The van der Waals surface area contributed by atoms with Gasteiger partial charge in [0.1, 0.15) is 0 Å². The van der Waals surface area contributed by atoms with Crippen LogP contribution in [0, 0.1) is 0 Å². The first-order valence-electron chi connectivity index (χ1n) is 11.9. The van der Waals surface area contributed by atoms with Gasteiger partial charge in [0.25, 0.3) is 0 Å². The zero-order valence-corrected chi connectivity index (χ0v) is 25.4. The van der Waals surface area contributed by atoms with E-state index >= 15 is 0 Å². The molecule has 174 valence electrons. The standard InChI is InChI=1S/C25H31.C2H7OSi.2ClH.Zr/c1-4-6-7-8-10-20-17-23-11-9-12-24(25(23)18-20)22-15-13-21(14-16-22)19(3)5-2;1-4(2)3;;;/h9,11-19H,4-8,10H2,1-3H3;4H,1-2H3;2*1H;/q;-1;;;+3/p-2. The molecule has 0 fully saturated rings. The molecule has 2 atom stereocenters. The Labute approximate surface area is 222 Å². The van der Waals surface area contributed by atoms with Gasteiger partial charge < -0.3 is 24.8 Å². The molecule has 1 nitrogen and oxygen atoms in total. The van der Waals surface area contributed by atoms with Crippen molar-refractivity contribution in [1.82, 2.24) is 0 Å². The number of hydrogen-bond acceptors (Lipinski definition) is 1. The van der Waals surface area contributed by atoms with Crippen molar-refractivity contribution in [2.24, 2.45) is 0 Å². The molecule has 0 N–H and O–H groups in total. The van der Waals surface area contributed by atoms with E-state index in [4.69, 9.17) is 2.50 Å². The third-order valence-corrected chi connectivity index (χ3v) is 13.6. The molecule has 3 rings (SSSR count). The molecular weight excluding hydrogens is 531 g/mol. The van der Waals surface area contributed by atoms with Gasteiger partial charge in [0.15, 0.2) is 0 Å². The monoisotopic (exact) mass is 566 g/mol. The summed E-state index contributed by atoms with van der Waals surface area (Å²) in [5.74, 6) is 0.629. The number of rotatable bonds is 11. The van der Waals surface area contributed by atoms with Crippen LogP contribution in [0.5, 0.6) is 0 Å². The minimum absolute atomic E-state index is 0. The van der Waals surface area contributed by atoms with Crippen LogP contribution < -0.4 is 24.8 Å². The normalized spacial score (nSPS) is 15.3. The fourth-order valence-corrected chi connectivity index (χ4v) is 9.54. The fourth-order valence-electron chi connectivity index (χ4n) is 4.26. The molecule has 0 heterocycles. The smallest absolute Gasteiger partial charge is 1.00 e. The molecule has 0 bridgehead atoms. The van der Waals surface area contributed by atoms with Gasteiger partial charge in [-0.15, -0.1) is 0 Å². The molecule has 0 radical (unpaired) electrons. The van der Waals surface area contributed by atoms with Gasteiger partial charge in [-0.25, -0.2) is 0 Å². The van der Waals surface area contributed by atoms with Crippen molar-refractivity contribution in [2.45, 2.75) is 81.9 Å². The van der Waals surface area contributed by atoms with Crippen molar-refractivity contribution < 1.29 is 51.0 Å². The molecular formula is C27H38Cl2OSiZr. The zero-order valence-electron chi connectivity index (χ0n) is 20.3. The second-order valence-electron chi connectivity index (χ2n) is 8.99. The minimum Gasteiger partial charge on any atom is -1.00 e. The Balaban J connectivity index is 0.00000256. The van der Waals surface area contributed by atoms with Gasteiger partial charge in [-0.3, -0.25) is 0 Å². The predicted octanol–water partition coefficient (Wildman–Crippen LogP) is 2.28. The Morgan fingerprint density at radius 1 is 0.969 bits per heavy atom. The Bertz CT molecular complexity index is 851.